The number of rotatable bonds is 5. The molecule has 0 aromatic carbocycles. The van der Waals surface area contributed by atoms with Crippen LogP contribution in [0, 0.1) is 19.3 Å². The second-order valence-electron chi connectivity index (χ2n) is 5.78. The van der Waals surface area contributed by atoms with Crippen molar-refractivity contribution in [2.75, 3.05) is 12.4 Å². The number of nitrogens with zero attached hydrogens (tertiary/aromatic N) is 1. The van der Waals surface area contributed by atoms with Crippen molar-refractivity contribution >= 4 is 21.6 Å². The summed E-state index contributed by atoms with van der Waals surface area (Å²) in [4.78, 5) is 0.262. The summed E-state index contributed by atoms with van der Waals surface area (Å²) in [5.74, 6) is 0.499. The van der Waals surface area contributed by atoms with E-state index in [1.165, 1.54) is 6.42 Å². The molecule has 2 rings (SSSR count). The topological polar surface area (TPSA) is 74.8 Å². The number of hydrogen-bond acceptors (Lipinski definition) is 3. The Labute approximate surface area is 125 Å². The predicted octanol–water partition coefficient (Wildman–Crippen LogP) is 2.49. The number of halogens is 1. The molecule has 0 spiro atoms. The highest BCUT2D eigenvalue weighted by atomic mass is 35.5. The van der Waals surface area contributed by atoms with Gasteiger partial charge in [0.15, 0.2) is 0 Å². The van der Waals surface area contributed by atoms with Gasteiger partial charge in [-0.2, -0.15) is 5.10 Å². The lowest BCUT2D eigenvalue weighted by Crippen LogP contribution is -2.40. The molecule has 1 aromatic heterocycles. The van der Waals surface area contributed by atoms with Gasteiger partial charge in [-0.1, -0.05) is 19.3 Å². The molecule has 1 aliphatic rings. The summed E-state index contributed by atoms with van der Waals surface area (Å²) >= 11 is 6.10. The Kier molecular flexibility index (Phi) is 4.76. The number of aryl methyl sites for hydroxylation is 2. The molecule has 0 saturated heterocycles. The molecule has 7 heteroatoms. The minimum atomic E-state index is -3.53. The zero-order valence-electron chi connectivity index (χ0n) is 12.0. The molecule has 2 N–H and O–H groups in total. The van der Waals surface area contributed by atoms with Gasteiger partial charge in [-0.25, -0.2) is 13.1 Å². The first kappa shape index (κ1) is 15.8. The number of alkyl halides is 1. The highest BCUT2D eigenvalue weighted by Gasteiger charge is 2.33. The van der Waals surface area contributed by atoms with E-state index in [0.717, 1.165) is 25.7 Å². The first-order chi connectivity index (χ1) is 9.40. The Hall–Kier alpha value is -0.590. The Morgan fingerprint density at radius 1 is 1.30 bits per heavy atom. The lowest BCUT2D eigenvalue weighted by atomic mass is 9.76. The third kappa shape index (κ3) is 3.18. The van der Waals surface area contributed by atoms with Crippen LogP contribution in [0.1, 0.15) is 43.5 Å². The molecule has 1 aliphatic carbocycles. The second-order valence-corrected chi connectivity index (χ2v) is 7.75. The molecule has 5 nitrogen and oxygen atoms in total. The molecule has 1 aromatic rings. The van der Waals surface area contributed by atoms with E-state index in [1.54, 1.807) is 13.8 Å². The van der Waals surface area contributed by atoms with E-state index in [9.17, 15) is 8.42 Å². The van der Waals surface area contributed by atoms with Gasteiger partial charge in [-0.3, -0.25) is 5.10 Å². The van der Waals surface area contributed by atoms with Crippen LogP contribution in [0.15, 0.2) is 4.90 Å². The normalized spacial score (nSPS) is 19.1. The van der Waals surface area contributed by atoms with E-state index in [2.05, 4.69) is 14.9 Å². The van der Waals surface area contributed by atoms with Crippen LogP contribution in [0.2, 0.25) is 0 Å². The Morgan fingerprint density at radius 3 is 2.45 bits per heavy atom. The first-order valence-electron chi connectivity index (χ1n) is 6.97. The highest BCUT2D eigenvalue weighted by molar-refractivity contribution is 7.89. The third-order valence-electron chi connectivity index (χ3n) is 4.16. The molecule has 0 amide bonds. The van der Waals surface area contributed by atoms with Gasteiger partial charge < -0.3 is 0 Å². The molecular formula is C13H22ClN3O2S. The van der Waals surface area contributed by atoms with Crippen LogP contribution in [-0.2, 0) is 10.0 Å². The highest BCUT2D eigenvalue weighted by Crippen LogP contribution is 2.37. The van der Waals surface area contributed by atoms with Crippen molar-refractivity contribution in [3.8, 4) is 0 Å². The van der Waals surface area contributed by atoms with Crippen LogP contribution >= 0.6 is 11.6 Å². The Balaban J connectivity index is 2.13. The lowest BCUT2D eigenvalue weighted by Gasteiger charge is -2.35. The zero-order valence-corrected chi connectivity index (χ0v) is 13.6. The Morgan fingerprint density at radius 2 is 1.95 bits per heavy atom. The number of hydrogen-bond donors (Lipinski definition) is 2. The monoisotopic (exact) mass is 319 g/mol. The van der Waals surface area contributed by atoms with Gasteiger partial charge in [0.05, 0.1) is 11.4 Å². The van der Waals surface area contributed by atoms with Crippen LogP contribution in [0.5, 0.6) is 0 Å². The summed E-state index contributed by atoms with van der Waals surface area (Å²) in [7, 11) is -3.53. The maximum Gasteiger partial charge on any atom is 0.244 e. The van der Waals surface area contributed by atoms with E-state index in [-0.39, 0.29) is 10.3 Å². The van der Waals surface area contributed by atoms with Crippen molar-refractivity contribution in [3.63, 3.8) is 0 Å². The summed E-state index contributed by atoms with van der Waals surface area (Å²) in [5, 5.41) is 6.65. The summed E-state index contributed by atoms with van der Waals surface area (Å²) in [6, 6.07) is 0. The van der Waals surface area contributed by atoms with Gasteiger partial charge >= 0.3 is 0 Å². The molecule has 0 radical (unpaired) electrons. The van der Waals surface area contributed by atoms with Gasteiger partial charge in [0.25, 0.3) is 0 Å². The number of sulfonamides is 1. The maximum absolute atomic E-state index is 12.4. The summed E-state index contributed by atoms with van der Waals surface area (Å²) < 4.78 is 27.6. The summed E-state index contributed by atoms with van der Waals surface area (Å²) in [5.41, 5.74) is 0.968. The van der Waals surface area contributed by atoms with Crippen molar-refractivity contribution in [1.82, 2.24) is 14.9 Å². The van der Waals surface area contributed by atoms with Gasteiger partial charge in [0.2, 0.25) is 10.0 Å². The molecule has 0 bridgehead atoms. The van der Waals surface area contributed by atoms with E-state index in [1.807, 2.05) is 0 Å². The van der Waals surface area contributed by atoms with Crippen molar-refractivity contribution in [2.24, 2.45) is 5.41 Å². The summed E-state index contributed by atoms with van der Waals surface area (Å²) in [6.45, 7) is 3.81. The van der Waals surface area contributed by atoms with E-state index < -0.39 is 10.0 Å². The molecule has 0 unspecified atom stereocenters. The fourth-order valence-electron chi connectivity index (χ4n) is 2.92. The van der Waals surface area contributed by atoms with Gasteiger partial charge in [0.1, 0.15) is 4.90 Å². The molecule has 114 valence electrons. The van der Waals surface area contributed by atoms with E-state index in [0.29, 0.717) is 23.8 Å². The number of nitrogens with one attached hydrogen (secondary N) is 2. The minimum absolute atomic E-state index is 0.0988. The average Bonchev–Trinajstić information content (AvgIpc) is 2.78. The van der Waals surface area contributed by atoms with E-state index in [4.69, 9.17) is 11.6 Å². The quantitative estimate of drug-likeness (QED) is 0.819. The van der Waals surface area contributed by atoms with Crippen molar-refractivity contribution in [3.05, 3.63) is 11.4 Å². The third-order valence-corrected chi connectivity index (χ3v) is 6.39. The smallest absolute Gasteiger partial charge is 0.244 e. The Bertz CT molecular complexity index is 543. The lowest BCUT2D eigenvalue weighted by molar-refractivity contribution is 0.223. The maximum atomic E-state index is 12.4. The van der Waals surface area contributed by atoms with Crippen LogP contribution in [0.3, 0.4) is 0 Å². The van der Waals surface area contributed by atoms with Crippen LogP contribution in [0.4, 0.5) is 0 Å². The standard InChI is InChI=1S/C13H22ClN3O2S/c1-10-12(11(2)17-16-10)20(18,19)15-9-13(8-14)6-4-3-5-7-13/h15H,3-9H2,1-2H3,(H,16,17). The van der Waals surface area contributed by atoms with Crippen LogP contribution < -0.4 is 4.72 Å². The molecule has 20 heavy (non-hydrogen) atoms. The van der Waals surface area contributed by atoms with Crippen molar-refractivity contribution < 1.29 is 8.42 Å². The SMILES string of the molecule is Cc1n[nH]c(C)c1S(=O)(=O)NCC1(CCl)CCCCC1. The van der Waals surface area contributed by atoms with Crippen molar-refractivity contribution in [2.45, 2.75) is 50.8 Å². The van der Waals surface area contributed by atoms with Gasteiger partial charge in [-0.15, -0.1) is 11.6 Å². The molecule has 1 saturated carbocycles. The largest absolute Gasteiger partial charge is 0.281 e. The van der Waals surface area contributed by atoms with Gasteiger partial charge in [0, 0.05) is 12.4 Å². The zero-order chi connectivity index (χ0) is 14.8. The van der Waals surface area contributed by atoms with Crippen LogP contribution in [-0.4, -0.2) is 31.0 Å². The number of H-pyrrole nitrogens is 1. The minimum Gasteiger partial charge on any atom is -0.281 e. The average molecular weight is 320 g/mol. The number of aromatic amines is 1. The van der Waals surface area contributed by atoms with Crippen molar-refractivity contribution in [1.29, 1.82) is 0 Å². The van der Waals surface area contributed by atoms with Crippen LogP contribution in [0.25, 0.3) is 0 Å². The molecule has 0 atom stereocenters. The molecule has 1 fully saturated rings. The summed E-state index contributed by atoms with van der Waals surface area (Å²) in [6.07, 6.45) is 5.44. The fraction of sp³-hybridized carbons (Fsp3) is 0.769. The van der Waals surface area contributed by atoms with Gasteiger partial charge in [-0.05, 0) is 32.1 Å². The van der Waals surface area contributed by atoms with E-state index >= 15 is 0 Å². The predicted molar refractivity (Wildman–Crippen MR) is 79.5 cm³/mol. The molecule has 1 heterocycles. The fourth-order valence-corrected chi connectivity index (χ4v) is 4.80. The number of aromatic nitrogens is 2. The second kappa shape index (κ2) is 6.03. The molecular weight excluding hydrogens is 298 g/mol. The first-order valence-corrected chi connectivity index (χ1v) is 8.99. The molecule has 0 aliphatic heterocycles.